The predicted molar refractivity (Wildman–Crippen MR) is 79.7 cm³/mol. The Morgan fingerprint density at radius 3 is 2.55 bits per heavy atom. The van der Waals surface area contributed by atoms with Crippen LogP contribution in [0.5, 0.6) is 0 Å². The quantitative estimate of drug-likeness (QED) is 0.631. The average molecular weight is 302 g/mol. The average Bonchev–Trinajstić information content (AvgIpc) is 2.44. The molecule has 5 heteroatoms. The summed E-state index contributed by atoms with van der Waals surface area (Å²) in [4.78, 5) is 23.5. The van der Waals surface area contributed by atoms with E-state index in [0.717, 1.165) is 6.08 Å². The normalized spacial score (nSPS) is 10.7. The molecule has 0 fully saturated rings. The van der Waals surface area contributed by atoms with E-state index in [1.54, 1.807) is 19.1 Å². The maximum Gasteiger partial charge on any atom is 0.347 e. The molecular formula is C17H12F2O3. The molecule has 0 amide bonds. The van der Waals surface area contributed by atoms with E-state index in [4.69, 9.17) is 4.42 Å². The maximum absolute atomic E-state index is 12.2. The van der Waals surface area contributed by atoms with Crippen molar-refractivity contribution >= 4 is 17.9 Å². The van der Waals surface area contributed by atoms with Gasteiger partial charge in [0, 0.05) is 6.08 Å². The molecule has 0 atom stereocenters. The second kappa shape index (κ2) is 6.76. The van der Waals surface area contributed by atoms with Crippen molar-refractivity contribution in [1.29, 1.82) is 0 Å². The van der Waals surface area contributed by atoms with E-state index in [-0.39, 0.29) is 5.56 Å². The number of hydrogen-bond donors (Lipinski definition) is 0. The van der Waals surface area contributed by atoms with Gasteiger partial charge in [-0.1, -0.05) is 24.3 Å². The van der Waals surface area contributed by atoms with Gasteiger partial charge in [-0.15, -0.1) is 0 Å². The molecule has 1 aromatic heterocycles. The molecule has 112 valence electrons. The highest BCUT2D eigenvalue weighted by molar-refractivity contribution is 6.06. The van der Waals surface area contributed by atoms with E-state index in [9.17, 15) is 18.4 Å². The van der Waals surface area contributed by atoms with Crippen LogP contribution in [0.1, 0.15) is 27.2 Å². The summed E-state index contributed by atoms with van der Waals surface area (Å²) in [5, 5.41) is 0. The van der Waals surface area contributed by atoms with Crippen LogP contribution in [-0.4, -0.2) is 5.78 Å². The lowest BCUT2D eigenvalue weighted by Gasteiger charge is -1.97. The van der Waals surface area contributed by atoms with Crippen molar-refractivity contribution in [3.63, 3.8) is 0 Å². The Balaban J connectivity index is 2.23. The summed E-state index contributed by atoms with van der Waals surface area (Å²) in [6.07, 6.45) is 1.59. The number of halogens is 2. The minimum atomic E-state index is -1.80. The standard InChI is InChI=1S/C17H12F2O3/c1-11-5-7-14(17(21)22-11)15(20)8-6-12-3-2-4-13(9-12)10-16(18)19/h2-10H,1H3. The molecule has 0 saturated heterocycles. The highest BCUT2D eigenvalue weighted by Gasteiger charge is 2.08. The van der Waals surface area contributed by atoms with E-state index < -0.39 is 17.5 Å². The largest absolute Gasteiger partial charge is 0.428 e. The van der Waals surface area contributed by atoms with Gasteiger partial charge >= 0.3 is 5.63 Å². The number of aryl methyl sites for hydroxylation is 1. The zero-order chi connectivity index (χ0) is 16.1. The molecule has 2 aromatic rings. The van der Waals surface area contributed by atoms with E-state index in [1.807, 2.05) is 0 Å². The summed E-state index contributed by atoms with van der Waals surface area (Å²) >= 11 is 0. The number of allylic oxidation sites excluding steroid dienone is 1. The molecule has 0 aliphatic carbocycles. The number of carbonyl (C=O) groups excluding carboxylic acids is 1. The lowest BCUT2D eigenvalue weighted by molar-refractivity contribution is 0.104. The van der Waals surface area contributed by atoms with Gasteiger partial charge < -0.3 is 4.42 Å². The van der Waals surface area contributed by atoms with Gasteiger partial charge in [-0.2, -0.15) is 8.78 Å². The first kappa shape index (κ1) is 15.6. The molecule has 0 radical (unpaired) electrons. The van der Waals surface area contributed by atoms with Crippen LogP contribution in [0.15, 0.2) is 57.8 Å². The van der Waals surface area contributed by atoms with E-state index in [0.29, 0.717) is 16.9 Å². The zero-order valence-electron chi connectivity index (χ0n) is 11.7. The van der Waals surface area contributed by atoms with Crippen LogP contribution < -0.4 is 5.63 Å². The molecule has 1 heterocycles. The van der Waals surface area contributed by atoms with Crippen molar-refractivity contribution in [3.05, 3.63) is 81.4 Å². The lowest BCUT2D eigenvalue weighted by atomic mass is 10.1. The van der Waals surface area contributed by atoms with Crippen LogP contribution >= 0.6 is 0 Å². The minimum Gasteiger partial charge on any atom is -0.428 e. The minimum absolute atomic E-state index is 0.0762. The zero-order valence-corrected chi connectivity index (χ0v) is 11.7. The molecule has 22 heavy (non-hydrogen) atoms. The third-order valence-electron chi connectivity index (χ3n) is 2.84. The van der Waals surface area contributed by atoms with E-state index >= 15 is 0 Å². The summed E-state index contributed by atoms with van der Waals surface area (Å²) in [5.41, 5.74) is 0.114. The molecule has 2 rings (SSSR count). The molecule has 0 spiro atoms. The fourth-order valence-corrected chi connectivity index (χ4v) is 1.83. The number of ketones is 1. The van der Waals surface area contributed by atoms with Crippen LogP contribution in [0.4, 0.5) is 8.78 Å². The van der Waals surface area contributed by atoms with Gasteiger partial charge in [-0.05, 0) is 42.3 Å². The Labute approximate surface area is 125 Å². The van der Waals surface area contributed by atoms with Gasteiger partial charge in [0.25, 0.3) is 6.08 Å². The van der Waals surface area contributed by atoms with Crippen molar-refractivity contribution in [3.8, 4) is 0 Å². The third-order valence-corrected chi connectivity index (χ3v) is 2.84. The predicted octanol–water partition coefficient (Wildman–Crippen LogP) is 4.08. The number of rotatable bonds is 4. The summed E-state index contributed by atoms with van der Waals surface area (Å²) in [5.74, 6) is -0.0929. The first-order valence-electron chi connectivity index (χ1n) is 6.41. The second-order valence-corrected chi connectivity index (χ2v) is 4.55. The van der Waals surface area contributed by atoms with Crippen molar-refractivity contribution < 1.29 is 18.0 Å². The van der Waals surface area contributed by atoms with Crippen molar-refractivity contribution in [2.45, 2.75) is 6.92 Å². The summed E-state index contributed by atoms with van der Waals surface area (Å²) < 4.78 is 29.3. The van der Waals surface area contributed by atoms with Gasteiger partial charge in [-0.3, -0.25) is 4.79 Å². The highest BCUT2D eigenvalue weighted by Crippen LogP contribution is 2.12. The maximum atomic E-state index is 12.2. The number of benzene rings is 1. The van der Waals surface area contributed by atoms with Crippen LogP contribution in [-0.2, 0) is 0 Å². The van der Waals surface area contributed by atoms with Crippen LogP contribution in [0, 0.1) is 6.92 Å². The van der Waals surface area contributed by atoms with Crippen molar-refractivity contribution in [2.75, 3.05) is 0 Å². The fourth-order valence-electron chi connectivity index (χ4n) is 1.83. The van der Waals surface area contributed by atoms with E-state index in [1.165, 1.54) is 36.4 Å². The number of carbonyl (C=O) groups is 1. The molecule has 0 unspecified atom stereocenters. The molecular weight excluding hydrogens is 290 g/mol. The molecule has 0 aliphatic heterocycles. The Morgan fingerprint density at radius 2 is 1.86 bits per heavy atom. The Hall–Kier alpha value is -2.82. The summed E-state index contributed by atoms with van der Waals surface area (Å²) in [6, 6.07) is 9.20. The first-order chi connectivity index (χ1) is 10.5. The Kier molecular flexibility index (Phi) is 4.78. The van der Waals surface area contributed by atoms with Gasteiger partial charge in [0.2, 0.25) is 0 Å². The van der Waals surface area contributed by atoms with Gasteiger partial charge in [-0.25, -0.2) is 4.79 Å². The lowest BCUT2D eigenvalue weighted by Crippen LogP contribution is -2.12. The van der Waals surface area contributed by atoms with Gasteiger partial charge in [0.05, 0.1) is 0 Å². The molecule has 0 bridgehead atoms. The van der Waals surface area contributed by atoms with Gasteiger partial charge in [0.15, 0.2) is 5.78 Å². The Morgan fingerprint density at radius 1 is 1.14 bits per heavy atom. The van der Waals surface area contributed by atoms with Crippen LogP contribution in [0.25, 0.3) is 12.2 Å². The van der Waals surface area contributed by atoms with Crippen LogP contribution in [0.2, 0.25) is 0 Å². The smallest absolute Gasteiger partial charge is 0.347 e. The monoisotopic (exact) mass is 302 g/mol. The molecule has 0 saturated carbocycles. The fraction of sp³-hybridized carbons (Fsp3) is 0.0588. The van der Waals surface area contributed by atoms with Crippen molar-refractivity contribution in [1.82, 2.24) is 0 Å². The first-order valence-corrected chi connectivity index (χ1v) is 6.41. The second-order valence-electron chi connectivity index (χ2n) is 4.55. The number of hydrogen-bond acceptors (Lipinski definition) is 3. The van der Waals surface area contributed by atoms with Crippen molar-refractivity contribution in [2.24, 2.45) is 0 Å². The van der Waals surface area contributed by atoms with Gasteiger partial charge in [0.1, 0.15) is 11.3 Å². The topological polar surface area (TPSA) is 47.3 Å². The molecule has 0 aliphatic rings. The highest BCUT2D eigenvalue weighted by atomic mass is 19.3. The Bertz CT molecular complexity index is 813. The summed E-state index contributed by atoms with van der Waals surface area (Å²) in [6.45, 7) is 1.61. The molecule has 3 nitrogen and oxygen atoms in total. The molecule has 0 N–H and O–H groups in total. The SMILES string of the molecule is Cc1ccc(C(=O)C=Cc2cccc(C=C(F)F)c2)c(=O)o1. The van der Waals surface area contributed by atoms with E-state index in [2.05, 4.69) is 0 Å². The van der Waals surface area contributed by atoms with Crippen LogP contribution in [0.3, 0.4) is 0 Å². The third kappa shape index (κ3) is 4.09. The molecule has 1 aromatic carbocycles. The summed E-state index contributed by atoms with van der Waals surface area (Å²) in [7, 11) is 0.